The molecule has 3 amide bonds. The largest absolute Gasteiger partial charge is 0.371 e. The van der Waals surface area contributed by atoms with E-state index in [2.05, 4.69) is 20.9 Å². The Labute approximate surface area is 163 Å². The molecule has 27 heavy (non-hydrogen) atoms. The Balaban J connectivity index is 2.26. The summed E-state index contributed by atoms with van der Waals surface area (Å²) in [5.74, 6) is -0.0928. The number of urea groups is 1. The van der Waals surface area contributed by atoms with E-state index in [1.807, 2.05) is 46.8 Å². The molecule has 1 atom stereocenters. The van der Waals surface area contributed by atoms with E-state index in [0.717, 1.165) is 38.0 Å². The molecular formula is C21H34N4O2. The number of anilines is 2. The first kappa shape index (κ1) is 21.1. The molecule has 0 aromatic heterocycles. The number of benzene rings is 1. The Bertz CT molecular complexity index is 661. The molecule has 0 bridgehead atoms. The topological polar surface area (TPSA) is 73.5 Å². The summed E-state index contributed by atoms with van der Waals surface area (Å²) in [6.07, 6.45) is 4.38. The van der Waals surface area contributed by atoms with Crippen LogP contribution in [0.3, 0.4) is 0 Å². The summed E-state index contributed by atoms with van der Waals surface area (Å²) in [6, 6.07) is 5.42. The van der Waals surface area contributed by atoms with E-state index in [4.69, 9.17) is 0 Å². The van der Waals surface area contributed by atoms with E-state index in [1.54, 1.807) is 6.07 Å². The lowest BCUT2D eigenvalue weighted by atomic mass is 10.1. The molecule has 2 rings (SSSR count). The number of carbonyl (C=O) groups is 2. The number of carbonyl (C=O) groups excluding carboxylic acids is 2. The highest BCUT2D eigenvalue weighted by atomic mass is 16.2. The van der Waals surface area contributed by atoms with Crippen molar-refractivity contribution in [2.45, 2.75) is 71.9 Å². The molecule has 1 aromatic rings. The summed E-state index contributed by atoms with van der Waals surface area (Å²) in [7, 11) is 0. The van der Waals surface area contributed by atoms with Crippen LogP contribution in [0.5, 0.6) is 0 Å². The maximum Gasteiger partial charge on any atom is 0.319 e. The number of rotatable bonds is 5. The zero-order valence-electron chi connectivity index (χ0n) is 17.3. The van der Waals surface area contributed by atoms with Gasteiger partial charge in [0.05, 0.1) is 5.56 Å². The van der Waals surface area contributed by atoms with Crippen LogP contribution >= 0.6 is 0 Å². The zero-order valence-corrected chi connectivity index (χ0v) is 17.3. The first-order valence-corrected chi connectivity index (χ1v) is 9.98. The summed E-state index contributed by atoms with van der Waals surface area (Å²) < 4.78 is 0. The number of piperidine rings is 1. The van der Waals surface area contributed by atoms with Crippen LogP contribution < -0.4 is 20.9 Å². The molecule has 1 fully saturated rings. The minimum atomic E-state index is -0.325. The van der Waals surface area contributed by atoms with E-state index in [0.29, 0.717) is 11.3 Å². The van der Waals surface area contributed by atoms with Gasteiger partial charge in [0.1, 0.15) is 0 Å². The summed E-state index contributed by atoms with van der Waals surface area (Å²) in [5.41, 5.74) is 1.85. The second kappa shape index (κ2) is 9.11. The van der Waals surface area contributed by atoms with E-state index in [9.17, 15) is 9.59 Å². The van der Waals surface area contributed by atoms with E-state index < -0.39 is 0 Å². The Kier molecular flexibility index (Phi) is 7.11. The van der Waals surface area contributed by atoms with Crippen LogP contribution in [0.4, 0.5) is 16.2 Å². The van der Waals surface area contributed by atoms with Crippen molar-refractivity contribution in [2.24, 2.45) is 0 Å². The molecule has 0 saturated carbocycles. The lowest BCUT2D eigenvalue weighted by Crippen LogP contribution is -2.43. The van der Waals surface area contributed by atoms with Crippen LogP contribution in [-0.2, 0) is 0 Å². The maximum absolute atomic E-state index is 12.9. The average Bonchev–Trinajstić information content (AvgIpc) is 2.60. The van der Waals surface area contributed by atoms with Crippen LogP contribution in [-0.4, -0.2) is 36.6 Å². The molecule has 1 heterocycles. The molecule has 6 nitrogen and oxygen atoms in total. The van der Waals surface area contributed by atoms with Gasteiger partial charge in [0, 0.05) is 36.0 Å². The van der Waals surface area contributed by atoms with Crippen LogP contribution in [0.25, 0.3) is 0 Å². The SMILES string of the molecule is CC[C@H](C)NC(=O)c1cc(NC(=O)NC(C)(C)C)ccc1N1CCCCC1. The lowest BCUT2D eigenvalue weighted by molar-refractivity contribution is 0.0939. The predicted molar refractivity (Wildman–Crippen MR) is 112 cm³/mol. The van der Waals surface area contributed by atoms with Gasteiger partial charge in [-0.15, -0.1) is 0 Å². The molecule has 1 aliphatic rings. The third kappa shape index (κ3) is 6.45. The summed E-state index contributed by atoms with van der Waals surface area (Å²) in [6.45, 7) is 11.7. The number of hydrogen-bond acceptors (Lipinski definition) is 3. The summed E-state index contributed by atoms with van der Waals surface area (Å²) >= 11 is 0. The molecule has 1 aliphatic heterocycles. The van der Waals surface area contributed by atoms with Gasteiger partial charge in [0.2, 0.25) is 0 Å². The quantitative estimate of drug-likeness (QED) is 0.726. The third-order valence-electron chi connectivity index (χ3n) is 4.67. The minimum Gasteiger partial charge on any atom is -0.371 e. The van der Waals surface area contributed by atoms with Gasteiger partial charge in [-0.05, 0) is 71.6 Å². The fourth-order valence-corrected chi connectivity index (χ4v) is 3.11. The van der Waals surface area contributed by atoms with E-state index >= 15 is 0 Å². The molecule has 3 N–H and O–H groups in total. The van der Waals surface area contributed by atoms with Gasteiger partial charge in [-0.3, -0.25) is 4.79 Å². The van der Waals surface area contributed by atoms with Gasteiger partial charge < -0.3 is 20.9 Å². The van der Waals surface area contributed by atoms with Crippen LogP contribution in [0.2, 0.25) is 0 Å². The van der Waals surface area contributed by atoms with Crippen LogP contribution in [0.15, 0.2) is 18.2 Å². The van der Waals surface area contributed by atoms with Gasteiger partial charge in [0.15, 0.2) is 0 Å². The zero-order chi connectivity index (χ0) is 20.0. The van der Waals surface area contributed by atoms with Crippen molar-refractivity contribution in [2.75, 3.05) is 23.3 Å². The fraction of sp³-hybridized carbons (Fsp3) is 0.619. The Morgan fingerprint density at radius 1 is 1.15 bits per heavy atom. The monoisotopic (exact) mass is 374 g/mol. The molecule has 0 spiro atoms. The molecule has 0 unspecified atom stereocenters. The van der Waals surface area contributed by atoms with Crippen molar-refractivity contribution in [3.05, 3.63) is 23.8 Å². The summed E-state index contributed by atoms with van der Waals surface area (Å²) in [4.78, 5) is 27.3. The highest BCUT2D eigenvalue weighted by molar-refractivity contribution is 6.02. The Morgan fingerprint density at radius 3 is 2.41 bits per heavy atom. The van der Waals surface area contributed by atoms with Crippen molar-refractivity contribution in [1.82, 2.24) is 10.6 Å². The molecule has 1 aromatic carbocycles. The molecule has 150 valence electrons. The normalized spacial score (nSPS) is 15.8. The Hall–Kier alpha value is -2.24. The molecule has 6 heteroatoms. The predicted octanol–water partition coefficient (Wildman–Crippen LogP) is 4.13. The maximum atomic E-state index is 12.9. The molecule has 0 aliphatic carbocycles. The van der Waals surface area contributed by atoms with E-state index in [-0.39, 0.29) is 23.5 Å². The lowest BCUT2D eigenvalue weighted by Gasteiger charge is -2.31. The van der Waals surface area contributed by atoms with Crippen molar-refractivity contribution >= 4 is 23.3 Å². The number of nitrogens with zero attached hydrogens (tertiary/aromatic N) is 1. The highest BCUT2D eigenvalue weighted by Crippen LogP contribution is 2.27. The first-order chi connectivity index (χ1) is 12.7. The molecule has 0 radical (unpaired) electrons. The number of amides is 3. The summed E-state index contributed by atoms with van der Waals surface area (Å²) in [5, 5.41) is 8.77. The van der Waals surface area contributed by atoms with Crippen LogP contribution in [0.1, 0.15) is 70.7 Å². The number of nitrogens with one attached hydrogen (secondary N) is 3. The second-order valence-electron chi connectivity index (χ2n) is 8.39. The third-order valence-corrected chi connectivity index (χ3v) is 4.67. The highest BCUT2D eigenvalue weighted by Gasteiger charge is 2.21. The van der Waals surface area contributed by atoms with Gasteiger partial charge >= 0.3 is 6.03 Å². The van der Waals surface area contributed by atoms with Crippen LogP contribution in [0, 0.1) is 0 Å². The smallest absolute Gasteiger partial charge is 0.319 e. The second-order valence-corrected chi connectivity index (χ2v) is 8.39. The van der Waals surface area contributed by atoms with Gasteiger partial charge in [0.25, 0.3) is 5.91 Å². The van der Waals surface area contributed by atoms with Gasteiger partial charge in [-0.2, -0.15) is 0 Å². The molecular weight excluding hydrogens is 340 g/mol. The number of hydrogen-bond donors (Lipinski definition) is 3. The fourth-order valence-electron chi connectivity index (χ4n) is 3.11. The standard InChI is InChI=1S/C21H34N4O2/c1-6-15(2)22-19(26)17-14-16(23-20(27)24-21(3,4)5)10-11-18(17)25-12-8-7-9-13-25/h10-11,14-15H,6-9,12-13H2,1-5H3,(H,22,26)(H2,23,24,27)/t15-/m0/s1. The first-order valence-electron chi connectivity index (χ1n) is 9.98. The van der Waals surface area contributed by atoms with Crippen molar-refractivity contribution in [1.29, 1.82) is 0 Å². The van der Waals surface area contributed by atoms with Crippen molar-refractivity contribution in [3.8, 4) is 0 Å². The minimum absolute atomic E-state index is 0.0928. The van der Waals surface area contributed by atoms with Gasteiger partial charge in [-0.25, -0.2) is 4.79 Å². The van der Waals surface area contributed by atoms with Crippen molar-refractivity contribution < 1.29 is 9.59 Å². The van der Waals surface area contributed by atoms with Gasteiger partial charge in [-0.1, -0.05) is 6.92 Å². The average molecular weight is 375 g/mol. The molecule has 1 saturated heterocycles. The van der Waals surface area contributed by atoms with E-state index in [1.165, 1.54) is 6.42 Å². The Morgan fingerprint density at radius 2 is 1.81 bits per heavy atom. The van der Waals surface area contributed by atoms with Crippen molar-refractivity contribution in [3.63, 3.8) is 0 Å².